The molecule has 0 aromatic heterocycles. The second-order valence-electron chi connectivity index (χ2n) is 5.79. The van der Waals surface area contributed by atoms with E-state index in [1.165, 1.54) is 22.3 Å². The average Bonchev–Trinajstić information content (AvgIpc) is 2.32. The summed E-state index contributed by atoms with van der Waals surface area (Å²) in [5.41, 5.74) is 5.41. The average molecular weight is 303 g/mol. The summed E-state index contributed by atoms with van der Waals surface area (Å²) in [5.74, 6) is 0. The summed E-state index contributed by atoms with van der Waals surface area (Å²) >= 11 is 3.54. The second-order valence-corrected chi connectivity index (χ2v) is 6.65. The molecule has 0 saturated heterocycles. The second kappa shape index (κ2) is 4.89. The molecule has 0 atom stereocenters. The molecule has 0 saturated carbocycles. The molecule has 0 heterocycles. The van der Waals surface area contributed by atoms with E-state index >= 15 is 0 Å². The molecule has 2 rings (SSSR count). The van der Waals surface area contributed by atoms with Crippen LogP contribution < -0.4 is 0 Å². The maximum atomic E-state index is 3.54. The smallest absolute Gasteiger partial charge is 0.0204 e. The first kappa shape index (κ1) is 13.4. The van der Waals surface area contributed by atoms with Gasteiger partial charge in [-0.1, -0.05) is 73.1 Å². The van der Waals surface area contributed by atoms with Gasteiger partial charge >= 0.3 is 0 Å². The van der Waals surface area contributed by atoms with Crippen LogP contribution in [0.4, 0.5) is 0 Å². The predicted molar refractivity (Wildman–Crippen MR) is 83.0 cm³/mol. The van der Waals surface area contributed by atoms with Crippen molar-refractivity contribution in [3.8, 4) is 11.1 Å². The molecule has 0 fully saturated rings. The Kier molecular flexibility index (Phi) is 3.63. The Morgan fingerprint density at radius 3 is 1.89 bits per heavy atom. The van der Waals surface area contributed by atoms with Crippen molar-refractivity contribution in [2.75, 3.05) is 0 Å². The highest BCUT2D eigenvalue weighted by Gasteiger charge is 2.13. The SMILES string of the molecule is Cc1cc(-c2ccc(C(C)(C)C)cc2)ccc1Br. The van der Waals surface area contributed by atoms with Crippen LogP contribution in [0.1, 0.15) is 31.9 Å². The van der Waals surface area contributed by atoms with Crippen molar-refractivity contribution in [3.05, 3.63) is 58.1 Å². The summed E-state index contributed by atoms with van der Waals surface area (Å²) in [6.07, 6.45) is 0. The van der Waals surface area contributed by atoms with Gasteiger partial charge in [0, 0.05) is 4.47 Å². The number of hydrogen-bond donors (Lipinski definition) is 0. The molecule has 0 radical (unpaired) electrons. The van der Waals surface area contributed by atoms with Crippen LogP contribution in [0, 0.1) is 6.92 Å². The van der Waals surface area contributed by atoms with Crippen LogP contribution >= 0.6 is 15.9 Å². The molecule has 0 aliphatic rings. The molecule has 0 nitrogen and oxygen atoms in total. The molecule has 94 valence electrons. The Morgan fingerprint density at radius 2 is 1.39 bits per heavy atom. The van der Waals surface area contributed by atoms with E-state index in [1.807, 2.05) is 0 Å². The van der Waals surface area contributed by atoms with E-state index in [4.69, 9.17) is 0 Å². The van der Waals surface area contributed by atoms with Crippen molar-refractivity contribution in [2.24, 2.45) is 0 Å². The van der Waals surface area contributed by atoms with E-state index < -0.39 is 0 Å². The van der Waals surface area contributed by atoms with E-state index in [1.54, 1.807) is 0 Å². The Balaban J connectivity index is 2.37. The zero-order valence-electron chi connectivity index (χ0n) is 11.4. The number of hydrogen-bond acceptors (Lipinski definition) is 0. The maximum absolute atomic E-state index is 3.54. The first-order valence-corrected chi connectivity index (χ1v) is 7.04. The van der Waals surface area contributed by atoms with Gasteiger partial charge in [0.25, 0.3) is 0 Å². The van der Waals surface area contributed by atoms with Gasteiger partial charge < -0.3 is 0 Å². The van der Waals surface area contributed by atoms with Gasteiger partial charge in [-0.05, 0) is 40.7 Å². The van der Waals surface area contributed by atoms with Gasteiger partial charge in [0.05, 0.1) is 0 Å². The summed E-state index contributed by atoms with van der Waals surface area (Å²) < 4.78 is 1.16. The number of aryl methyl sites for hydroxylation is 1. The van der Waals surface area contributed by atoms with Crippen LogP contribution in [-0.4, -0.2) is 0 Å². The fourth-order valence-corrected chi connectivity index (χ4v) is 2.23. The summed E-state index contributed by atoms with van der Waals surface area (Å²) in [6, 6.07) is 15.4. The highest BCUT2D eigenvalue weighted by molar-refractivity contribution is 9.10. The molecule has 0 aliphatic carbocycles. The zero-order valence-corrected chi connectivity index (χ0v) is 13.0. The normalized spacial score (nSPS) is 11.6. The minimum atomic E-state index is 0.216. The third-order valence-corrected chi connectivity index (χ3v) is 4.13. The Hall–Kier alpha value is -1.08. The van der Waals surface area contributed by atoms with Crippen LogP contribution in [0.15, 0.2) is 46.9 Å². The molecular weight excluding hydrogens is 284 g/mol. The van der Waals surface area contributed by atoms with Crippen molar-refractivity contribution in [3.63, 3.8) is 0 Å². The topological polar surface area (TPSA) is 0 Å². The zero-order chi connectivity index (χ0) is 13.3. The molecule has 0 unspecified atom stereocenters. The van der Waals surface area contributed by atoms with Crippen LogP contribution in [0.25, 0.3) is 11.1 Å². The van der Waals surface area contributed by atoms with Crippen molar-refractivity contribution >= 4 is 15.9 Å². The maximum Gasteiger partial charge on any atom is 0.0204 e. The van der Waals surface area contributed by atoms with Gasteiger partial charge in [-0.25, -0.2) is 0 Å². The molecule has 0 spiro atoms. The summed E-state index contributed by atoms with van der Waals surface area (Å²) in [5, 5.41) is 0. The van der Waals surface area contributed by atoms with Crippen LogP contribution in [-0.2, 0) is 5.41 Å². The highest BCUT2D eigenvalue weighted by atomic mass is 79.9. The van der Waals surface area contributed by atoms with Crippen LogP contribution in [0.3, 0.4) is 0 Å². The fourth-order valence-electron chi connectivity index (χ4n) is 1.99. The molecule has 0 N–H and O–H groups in total. The summed E-state index contributed by atoms with van der Waals surface area (Å²) in [7, 11) is 0. The summed E-state index contributed by atoms with van der Waals surface area (Å²) in [4.78, 5) is 0. The van der Waals surface area contributed by atoms with Crippen LogP contribution in [0.5, 0.6) is 0 Å². The van der Waals surface area contributed by atoms with Crippen molar-refractivity contribution in [1.82, 2.24) is 0 Å². The Bertz CT molecular complexity index is 545. The van der Waals surface area contributed by atoms with Crippen molar-refractivity contribution in [2.45, 2.75) is 33.1 Å². The first-order chi connectivity index (χ1) is 8.38. The van der Waals surface area contributed by atoms with Gasteiger partial charge in [0.2, 0.25) is 0 Å². The highest BCUT2D eigenvalue weighted by Crippen LogP contribution is 2.28. The molecule has 0 aliphatic heterocycles. The predicted octanol–water partition coefficient (Wildman–Crippen LogP) is 5.72. The number of rotatable bonds is 1. The molecule has 2 aromatic rings. The summed E-state index contributed by atoms with van der Waals surface area (Å²) in [6.45, 7) is 8.85. The van der Waals surface area contributed by atoms with Crippen molar-refractivity contribution < 1.29 is 0 Å². The van der Waals surface area contributed by atoms with Gasteiger partial charge in [0.15, 0.2) is 0 Å². The van der Waals surface area contributed by atoms with Gasteiger partial charge in [0.1, 0.15) is 0 Å². The lowest BCUT2D eigenvalue weighted by molar-refractivity contribution is 0.590. The largest absolute Gasteiger partial charge is 0.0579 e. The lowest BCUT2D eigenvalue weighted by Crippen LogP contribution is -2.10. The van der Waals surface area contributed by atoms with Crippen molar-refractivity contribution in [1.29, 1.82) is 0 Å². The number of benzene rings is 2. The first-order valence-electron chi connectivity index (χ1n) is 6.25. The quantitative estimate of drug-likeness (QED) is 0.632. The van der Waals surface area contributed by atoms with E-state index in [-0.39, 0.29) is 5.41 Å². The monoisotopic (exact) mass is 302 g/mol. The molecular formula is C17H19Br. The van der Waals surface area contributed by atoms with Crippen LogP contribution in [0.2, 0.25) is 0 Å². The van der Waals surface area contributed by atoms with E-state index in [2.05, 4.69) is 86.1 Å². The Labute approximate surface area is 118 Å². The standard InChI is InChI=1S/C17H19Br/c1-12-11-14(7-10-16(12)18)13-5-8-15(9-6-13)17(2,3)4/h5-11H,1-4H3. The van der Waals surface area contributed by atoms with Gasteiger partial charge in [-0.15, -0.1) is 0 Å². The van der Waals surface area contributed by atoms with Gasteiger partial charge in [-0.3, -0.25) is 0 Å². The molecule has 2 aromatic carbocycles. The molecule has 0 bridgehead atoms. The molecule has 0 amide bonds. The fraction of sp³-hybridized carbons (Fsp3) is 0.294. The van der Waals surface area contributed by atoms with E-state index in [0.717, 1.165) is 4.47 Å². The lowest BCUT2D eigenvalue weighted by atomic mass is 9.86. The Morgan fingerprint density at radius 1 is 0.833 bits per heavy atom. The molecule has 1 heteroatoms. The van der Waals surface area contributed by atoms with E-state index in [0.29, 0.717) is 0 Å². The minimum Gasteiger partial charge on any atom is -0.0579 e. The third-order valence-electron chi connectivity index (χ3n) is 3.24. The lowest BCUT2D eigenvalue weighted by Gasteiger charge is -2.19. The van der Waals surface area contributed by atoms with Gasteiger partial charge in [-0.2, -0.15) is 0 Å². The third kappa shape index (κ3) is 2.84. The van der Waals surface area contributed by atoms with E-state index in [9.17, 15) is 0 Å². The number of halogens is 1. The minimum absolute atomic E-state index is 0.216. The molecule has 18 heavy (non-hydrogen) atoms.